The predicted molar refractivity (Wildman–Crippen MR) is 110 cm³/mol. The van der Waals surface area contributed by atoms with Crippen LogP contribution in [0.4, 0.5) is 4.39 Å². The fourth-order valence-corrected chi connectivity index (χ4v) is 6.00. The van der Waals surface area contributed by atoms with E-state index in [0.717, 1.165) is 6.42 Å². The minimum atomic E-state index is -0.549. The van der Waals surface area contributed by atoms with Gasteiger partial charge in [-0.2, -0.15) is 23.5 Å². The highest BCUT2D eigenvalue weighted by Gasteiger charge is 2.52. The van der Waals surface area contributed by atoms with Crippen molar-refractivity contribution in [2.75, 3.05) is 17.8 Å². The highest BCUT2D eigenvalue weighted by molar-refractivity contribution is 7.99. The van der Waals surface area contributed by atoms with Gasteiger partial charge in [0.15, 0.2) is 0 Å². The summed E-state index contributed by atoms with van der Waals surface area (Å²) >= 11 is 3.75. The standard InChI is InChI=1S/C21H33FS2/c1-14(2)17-8-6-7-9-18(17)15(3)10-12-24-13-11-16(4)19-20(22)21(19)23-5/h6-9,14-16,19-21H,10-13H2,1-5H3. The van der Waals surface area contributed by atoms with E-state index in [1.807, 2.05) is 18.0 Å². The molecule has 0 nitrogen and oxygen atoms in total. The van der Waals surface area contributed by atoms with Gasteiger partial charge < -0.3 is 0 Å². The van der Waals surface area contributed by atoms with E-state index < -0.39 is 6.17 Å². The molecule has 0 bridgehead atoms. The molecule has 0 radical (unpaired) electrons. The normalized spacial score (nSPS) is 25.7. The third-order valence-electron chi connectivity index (χ3n) is 5.41. The van der Waals surface area contributed by atoms with E-state index in [9.17, 15) is 4.39 Å². The van der Waals surface area contributed by atoms with Crippen molar-refractivity contribution in [1.29, 1.82) is 0 Å². The average molecular weight is 369 g/mol. The molecule has 0 amide bonds. The Balaban J connectivity index is 1.68. The molecule has 5 atom stereocenters. The average Bonchev–Trinajstić information content (AvgIpc) is 3.24. The fourth-order valence-electron chi connectivity index (χ4n) is 3.66. The summed E-state index contributed by atoms with van der Waals surface area (Å²) in [6.45, 7) is 9.14. The van der Waals surface area contributed by atoms with Gasteiger partial charge >= 0.3 is 0 Å². The van der Waals surface area contributed by atoms with Crippen molar-refractivity contribution in [3.05, 3.63) is 35.4 Å². The lowest BCUT2D eigenvalue weighted by molar-refractivity contribution is 0.383. The summed E-state index contributed by atoms with van der Waals surface area (Å²) in [5.74, 6) is 4.43. The zero-order valence-corrected chi connectivity index (χ0v) is 17.4. The summed E-state index contributed by atoms with van der Waals surface area (Å²) in [6, 6.07) is 8.89. The minimum Gasteiger partial charge on any atom is -0.246 e. The molecule has 1 fully saturated rings. The van der Waals surface area contributed by atoms with Crippen LogP contribution in [0.25, 0.3) is 0 Å². The molecule has 0 aliphatic heterocycles. The fraction of sp³-hybridized carbons (Fsp3) is 0.714. The summed E-state index contributed by atoms with van der Waals surface area (Å²) < 4.78 is 13.6. The van der Waals surface area contributed by atoms with Gasteiger partial charge in [0.25, 0.3) is 0 Å². The number of thioether (sulfide) groups is 2. The lowest BCUT2D eigenvalue weighted by Crippen LogP contribution is -2.04. The Labute approximate surface area is 156 Å². The molecule has 0 heterocycles. The highest BCUT2D eigenvalue weighted by Crippen LogP contribution is 2.49. The van der Waals surface area contributed by atoms with Crippen molar-refractivity contribution >= 4 is 23.5 Å². The second-order valence-electron chi connectivity index (χ2n) is 7.57. The van der Waals surface area contributed by atoms with E-state index in [0.29, 0.717) is 23.7 Å². The number of hydrogen-bond donors (Lipinski definition) is 0. The third kappa shape index (κ3) is 5.17. The Bertz CT molecular complexity index is 502. The summed E-state index contributed by atoms with van der Waals surface area (Å²) in [4.78, 5) is 0. The minimum absolute atomic E-state index is 0.276. The number of halogens is 1. The highest BCUT2D eigenvalue weighted by atomic mass is 32.2. The van der Waals surface area contributed by atoms with E-state index >= 15 is 0 Å². The van der Waals surface area contributed by atoms with Crippen LogP contribution in [-0.4, -0.2) is 29.2 Å². The molecular weight excluding hydrogens is 335 g/mol. The lowest BCUT2D eigenvalue weighted by Gasteiger charge is -2.18. The van der Waals surface area contributed by atoms with E-state index in [-0.39, 0.29) is 5.25 Å². The van der Waals surface area contributed by atoms with Gasteiger partial charge in [0, 0.05) is 11.2 Å². The molecule has 24 heavy (non-hydrogen) atoms. The van der Waals surface area contributed by atoms with Gasteiger partial charge in [-0.15, -0.1) is 0 Å². The van der Waals surface area contributed by atoms with Crippen molar-refractivity contribution in [2.45, 2.75) is 63.8 Å². The first kappa shape index (κ1) is 20.2. The van der Waals surface area contributed by atoms with Crippen LogP contribution in [0.15, 0.2) is 24.3 Å². The Morgan fingerprint density at radius 1 is 1.00 bits per heavy atom. The summed E-state index contributed by atoms with van der Waals surface area (Å²) in [6.07, 6.45) is 3.87. The van der Waals surface area contributed by atoms with Gasteiger partial charge in [0.2, 0.25) is 0 Å². The first-order chi connectivity index (χ1) is 11.5. The first-order valence-electron chi connectivity index (χ1n) is 9.30. The Morgan fingerprint density at radius 2 is 1.62 bits per heavy atom. The Morgan fingerprint density at radius 3 is 2.21 bits per heavy atom. The number of alkyl halides is 1. The molecule has 136 valence electrons. The van der Waals surface area contributed by atoms with Crippen molar-refractivity contribution in [2.24, 2.45) is 11.8 Å². The second-order valence-corrected chi connectivity index (χ2v) is 9.81. The number of rotatable bonds is 10. The molecule has 0 spiro atoms. The Hall–Kier alpha value is -0.150. The van der Waals surface area contributed by atoms with Crippen molar-refractivity contribution in [1.82, 2.24) is 0 Å². The molecule has 0 N–H and O–H groups in total. The van der Waals surface area contributed by atoms with Gasteiger partial charge in [-0.05, 0) is 59.5 Å². The predicted octanol–water partition coefficient (Wildman–Crippen LogP) is 6.76. The lowest BCUT2D eigenvalue weighted by atomic mass is 9.88. The van der Waals surface area contributed by atoms with Gasteiger partial charge in [-0.1, -0.05) is 52.0 Å². The van der Waals surface area contributed by atoms with Crippen LogP contribution in [0.3, 0.4) is 0 Å². The van der Waals surface area contributed by atoms with Crippen LogP contribution in [0.1, 0.15) is 63.5 Å². The second kappa shape index (κ2) is 9.52. The monoisotopic (exact) mass is 368 g/mol. The molecular formula is C21H33FS2. The molecule has 0 aromatic heterocycles. The molecule has 1 aliphatic carbocycles. The van der Waals surface area contributed by atoms with Crippen molar-refractivity contribution in [3.8, 4) is 0 Å². The molecule has 1 aliphatic rings. The number of benzene rings is 1. The summed E-state index contributed by atoms with van der Waals surface area (Å²) in [5, 5.41) is 0.276. The van der Waals surface area contributed by atoms with E-state index in [2.05, 4.69) is 52.0 Å². The van der Waals surface area contributed by atoms with Crippen LogP contribution in [0.5, 0.6) is 0 Å². The molecule has 1 aromatic rings. The van der Waals surface area contributed by atoms with Crippen LogP contribution in [0.2, 0.25) is 0 Å². The zero-order chi connectivity index (χ0) is 17.7. The van der Waals surface area contributed by atoms with Gasteiger partial charge in [-0.25, -0.2) is 4.39 Å². The van der Waals surface area contributed by atoms with E-state index in [1.54, 1.807) is 11.8 Å². The molecule has 3 heteroatoms. The van der Waals surface area contributed by atoms with Crippen LogP contribution < -0.4 is 0 Å². The maximum atomic E-state index is 13.6. The van der Waals surface area contributed by atoms with E-state index in [1.165, 1.54) is 29.1 Å². The van der Waals surface area contributed by atoms with Gasteiger partial charge in [0.05, 0.1) is 0 Å². The SMILES string of the molecule is CSC1C(F)C1C(C)CCSCCC(C)c1ccccc1C(C)C. The van der Waals surface area contributed by atoms with Crippen LogP contribution in [0, 0.1) is 11.8 Å². The van der Waals surface area contributed by atoms with Gasteiger partial charge in [-0.3, -0.25) is 0 Å². The summed E-state index contributed by atoms with van der Waals surface area (Å²) in [5.41, 5.74) is 3.01. The van der Waals surface area contributed by atoms with Crippen LogP contribution in [-0.2, 0) is 0 Å². The summed E-state index contributed by atoms with van der Waals surface area (Å²) in [7, 11) is 0. The molecule has 5 unspecified atom stereocenters. The molecule has 2 rings (SSSR count). The molecule has 0 saturated heterocycles. The quantitative estimate of drug-likeness (QED) is 0.418. The van der Waals surface area contributed by atoms with E-state index in [4.69, 9.17) is 0 Å². The topological polar surface area (TPSA) is 0 Å². The molecule has 1 aromatic carbocycles. The number of hydrogen-bond acceptors (Lipinski definition) is 2. The third-order valence-corrected chi connectivity index (χ3v) is 7.58. The van der Waals surface area contributed by atoms with Crippen LogP contribution >= 0.6 is 23.5 Å². The zero-order valence-electron chi connectivity index (χ0n) is 15.8. The maximum Gasteiger partial charge on any atom is 0.116 e. The van der Waals surface area contributed by atoms with Crippen molar-refractivity contribution < 1.29 is 4.39 Å². The molecule has 1 saturated carbocycles. The van der Waals surface area contributed by atoms with Gasteiger partial charge in [0.1, 0.15) is 6.17 Å². The van der Waals surface area contributed by atoms with Crippen molar-refractivity contribution in [3.63, 3.8) is 0 Å². The first-order valence-corrected chi connectivity index (χ1v) is 11.7. The maximum absolute atomic E-state index is 13.6. The Kier molecular flexibility index (Phi) is 8.00. The smallest absolute Gasteiger partial charge is 0.116 e. The largest absolute Gasteiger partial charge is 0.246 e.